The van der Waals surface area contributed by atoms with Gasteiger partial charge in [0, 0.05) is 12.6 Å². The van der Waals surface area contributed by atoms with E-state index in [1.807, 2.05) is 4.90 Å². The topological polar surface area (TPSA) is 84.2 Å². The van der Waals surface area contributed by atoms with Crippen molar-refractivity contribution < 1.29 is 20.4 Å². The van der Waals surface area contributed by atoms with Crippen LogP contribution in [0.1, 0.15) is 12.8 Å². The Labute approximate surface area is 82.6 Å². The zero-order valence-electron chi connectivity index (χ0n) is 7.95. The molecule has 5 atom stereocenters. The second-order valence-electron chi connectivity index (χ2n) is 4.23. The van der Waals surface area contributed by atoms with Crippen LogP contribution in [0.3, 0.4) is 0 Å². The fourth-order valence-electron chi connectivity index (χ4n) is 2.61. The van der Waals surface area contributed by atoms with Crippen LogP contribution in [-0.4, -0.2) is 68.9 Å². The van der Waals surface area contributed by atoms with E-state index in [4.69, 9.17) is 5.11 Å². The van der Waals surface area contributed by atoms with Gasteiger partial charge < -0.3 is 20.4 Å². The third-order valence-corrected chi connectivity index (χ3v) is 3.39. The molecular formula is C9H17NO4. The number of rotatable bonds is 1. The minimum Gasteiger partial charge on any atom is -0.395 e. The smallest absolute Gasteiger partial charge is 0.0991 e. The molecule has 2 rings (SSSR count). The van der Waals surface area contributed by atoms with Crippen LogP contribution in [0.4, 0.5) is 0 Å². The van der Waals surface area contributed by atoms with Crippen LogP contribution in [0.25, 0.3) is 0 Å². The van der Waals surface area contributed by atoms with Crippen molar-refractivity contribution in [1.82, 2.24) is 4.90 Å². The molecule has 2 heterocycles. The summed E-state index contributed by atoms with van der Waals surface area (Å²) >= 11 is 0. The van der Waals surface area contributed by atoms with Gasteiger partial charge in [-0.1, -0.05) is 0 Å². The van der Waals surface area contributed by atoms with Crippen LogP contribution < -0.4 is 0 Å². The van der Waals surface area contributed by atoms with E-state index in [2.05, 4.69) is 0 Å². The Balaban J connectivity index is 2.15. The van der Waals surface area contributed by atoms with Gasteiger partial charge in [-0.15, -0.1) is 0 Å². The fraction of sp³-hybridized carbons (Fsp3) is 1.00. The van der Waals surface area contributed by atoms with E-state index in [1.54, 1.807) is 0 Å². The van der Waals surface area contributed by atoms with Gasteiger partial charge in [-0.3, -0.25) is 4.90 Å². The summed E-state index contributed by atoms with van der Waals surface area (Å²) in [6.07, 6.45) is -0.991. The Morgan fingerprint density at radius 3 is 2.43 bits per heavy atom. The van der Waals surface area contributed by atoms with Crippen molar-refractivity contribution >= 4 is 0 Å². The molecular weight excluding hydrogens is 186 g/mol. The Kier molecular flexibility index (Phi) is 2.77. The molecule has 0 unspecified atom stereocenters. The van der Waals surface area contributed by atoms with Gasteiger partial charge in [0.05, 0.1) is 31.0 Å². The van der Waals surface area contributed by atoms with Gasteiger partial charge in [0.2, 0.25) is 0 Å². The average Bonchev–Trinajstić information content (AvgIpc) is 2.45. The molecule has 82 valence electrons. The van der Waals surface area contributed by atoms with Crippen molar-refractivity contribution in [2.24, 2.45) is 0 Å². The summed E-state index contributed by atoms with van der Waals surface area (Å²) in [5, 5.41) is 37.9. The van der Waals surface area contributed by atoms with Gasteiger partial charge in [-0.05, 0) is 12.8 Å². The fourth-order valence-corrected chi connectivity index (χ4v) is 2.61. The highest BCUT2D eigenvalue weighted by Gasteiger charge is 2.48. The molecule has 0 aromatic rings. The normalized spacial score (nSPS) is 49.3. The molecule has 14 heavy (non-hydrogen) atoms. The first-order valence-corrected chi connectivity index (χ1v) is 5.06. The molecule has 5 nitrogen and oxygen atoms in total. The number of hydrogen-bond donors (Lipinski definition) is 4. The van der Waals surface area contributed by atoms with Gasteiger partial charge in [0.15, 0.2) is 0 Å². The van der Waals surface area contributed by atoms with Crippen molar-refractivity contribution in [3.8, 4) is 0 Å². The van der Waals surface area contributed by atoms with E-state index in [1.165, 1.54) is 0 Å². The Morgan fingerprint density at radius 2 is 1.79 bits per heavy atom. The lowest BCUT2D eigenvalue weighted by Crippen LogP contribution is -2.54. The zero-order valence-corrected chi connectivity index (χ0v) is 7.95. The minimum absolute atomic E-state index is 0.0165. The van der Waals surface area contributed by atoms with Gasteiger partial charge in [-0.2, -0.15) is 0 Å². The van der Waals surface area contributed by atoms with Crippen molar-refractivity contribution in [2.75, 3.05) is 13.2 Å². The maximum Gasteiger partial charge on any atom is 0.0991 e. The summed E-state index contributed by atoms with van der Waals surface area (Å²) in [6.45, 7) is 0.358. The van der Waals surface area contributed by atoms with Crippen molar-refractivity contribution in [3.05, 3.63) is 0 Å². The third-order valence-electron chi connectivity index (χ3n) is 3.39. The van der Waals surface area contributed by atoms with Gasteiger partial charge in [0.25, 0.3) is 0 Å². The molecule has 2 fully saturated rings. The quantitative estimate of drug-likeness (QED) is 0.393. The van der Waals surface area contributed by atoms with Crippen LogP contribution in [-0.2, 0) is 0 Å². The molecule has 5 heteroatoms. The number of aliphatic hydroxyl groups excluding tert-OH is 4. The lowest BCUT2D eigenvalue weighted by molar-refractivity contribution is -0.0536. The Hall–Kier alpha value is -0.200. The summed E-state index contributed by atoms with van der Waals surface area (Å²) in [5.41, 5.74) is 0. The second kappa shape index (κ2) is 3.75. The highest BCUT2D eigenvalue weighted by Crippen LogP contribution is 2.31. The lowest BCUT2D eigenvalue weighted by atomic mass is 9.93. The molecule has 0 aromatic heterocycles. The SMILES string of the molecule is OC[C@@H]1CC[C@@H](O)[C@@H]2[C@H](O)[C@H](O)CN12. The largest absolute Gasteiger partial charge is 0.395 e. The van der Waals surface area contributed by atoms with Crippen molar-refractivity contribution in [2.45, 2.75) is 43.2 Å². The zero-order chi connectivity index (χ0) is 10.3. The first-order chi connectivity index (χ1) is 6.65. The summed E-state index contributed by atoms with van der Waals surface area (Å²) in [6, 6.07) is -0.439. The van der Waals surface area contributed by atoms with E-state index in [0.717, 1.165) is 0 Å². The minimum atomic E-state index is -0.889. The van der Waals surface area contributed by atoms with Gasteiger partial charge >= 0.3 is 0 Å². The molecule has 2 aliphatic rings. The lowest BCUT2D eigenvalue weighted by Gasteiger charge is -2.40. The summed E-state index contributed by atoms with van der Waals surface area (Å²) < 4.78 is 0. The van der Waals surface area contributed by atoms with Crippen LogP contribution in [0.5, 0.6) is 0 Å². The van der Waals surface area contributed by atoms with Crippen LogP contribution >= 0.6 is 0 Å². The Bertz CT molecular complexity index is 213. The standard InChI is InChI=1S/C9H17NO4/c11-4-5-1-2-6(12)8-9(14)7(13)3-10(5)8/h5-9,11-14H,1-4H2/t5-,6+,7+,8+,9+/m0/s1. The van der Waals surface area contributed by atoms with Crippen molar-refractivity contribution in [3.63, 3.8) is 0 Å². The van der Waals surface area contributed by atoms with E-state index >= 15 is 0 Å². The first-order valence-electron chi connectivity index (χ1n) is 5.06. The number of hydrogen-bond acceptors (Lipinski definition) is 5. The van der Waals surface area contributed by atoms with E-state index in [-0.39, 0.29) is 12.6 Å². The van der Waals surface area contributed by atoms with Gasteiger partial charge in [0.1, 0.15) is 0 Å². The molecule has 0 bridgehead atoms. The van der Waals surface area contributed by atoms with Gasteiger partial charge in [-0.25, -0.2) is 0 Å². The molecule has 0 radical (unpaired) electrons. The maximum atomic E-state index is 9.69. The third kappa shape index (κ3) is 1.45. The number of fused-ring (bicyclic) bond motifs is 1. The van der Waals surface area contributed by atoms with Crippen molar-refractivity contribution in [1.29, 1.82) is 0 Å². The number of piperidine rings is 1. The summed E-state index contributed by atoms with van der Waals surface area (Å²) in [7, 11) is 0. The molecule has 0 aliphatic carbocycles. The van der Waals surface area contributed by atoms with Crippen LogP contribution in [0, 0.1) is 0 Å². The molecule has 0 spiro atoms. The predicted molar refractivity (Wildman–Crippen MR) is 48.6 cm³/mol. The molecule has 4 N–H and O–H groups in total. The average molecular weight is 203 g/mol. The van der Waals surface area contributed by atoms with Crippen LogP contribution in [0.15, 0.2) is 0 Å². The second-order valence-corrected chi connectivity index (χ2v) is 4.23. The summed E-state index contributed by atoms with van der Waals surface area (Å²) in [4.78, 5) is 1.82. The molecule has 0 amide bonds. The number of nitrogens with zero attached hydrogens (tertiary/aromatic N) is 1. The highest BCUT2D eigenvalue weighted by atomic mass is 16.3. The maximum absolute atomic E-state index is 9.69. The van der Waals surface area contributed by atoms with E-state index < -0.39 is 24.4 Å². The molecule has 2 aliphatic heterocycles. The predicted octanol–water partition coefficient (Wildman–Crippen LogP) is -2.09. The van der Waals surface area contributed by atoms with E-state index in [0.29, 0.717) is 19.4 Å². The highest BCUT2D eigenvalue weighted by molar-refractivity contribution is 5.02. The van der Waals surface area contributed by atoms with E-state index in [9.17, 15) is 15.3 Å². The monoisotopic (exact) mass is 203 g/mol. The van der Waals surface area contributed by atoms with Crippen LogP contribution in [0.2, 0.25) is 0 Å². The summed E-state index contributed by atoms with van der Waals surface area (Å²) in [5.74, 6) is 0. The molecule has 0 saturated carbocycles. The first kappa shape index (κ1) is 10.3. The molecule has 0 aromatic carbocycles. The molecule has 2 saturated heterocycles. The Morgan fingerprint density at radius 1 is 1.07 bits per heavy atom. The number of aliphatic hydroxyl groups is 4.